The summed E-state index contributed by atoms with van der Waals surface area (Å²) >= 11 is 0. The number of H-pyrrole nitrogens is 1. The first-order valence-corrected chi connectivity index (χ1v) is 11.5. The molecule has 1 amide bonds. The van der Waals surface area contributed by atoms with Crippen molar-refractivity contribution in [3.05, 3.63) is 65.4 Å². The van der Waals surface area contributed by atoms with Gasteiger partial charge in [-0.05, 0) is 62.4 Å². The molecular formula is C22H22N6O5S. The molecule has 11 nitrogen and oxygen atoms in total. The van der Waals surface area contributed by atoms with E-state index < -0.39 is 15.9 Å². The van der Waals surface area contributed by atoms with Gasteiger partial charge in [0.05, 0.1) is 23.4 Å². The smallest absolute Gasteiger partial charge is 0.264 e. The fourth-order valence-electron chi connectivity index (χ4n) is 3.15. The lowest BCUT2D eigenvalue weighted by Crippen LogP contribution is -2.15. The van der Waals surface area contributed by atoms with Crippen LogP contribution in [0, 0.1) is 13.8 Å². The lowest BCUT2D eigenvalue weighted by Gasteiger charge is -2.09. The van der Waals surface area contributed by atoms with Gasteiger partial charge in [-0.25, -0.2) is 13.1 Å². The second-order valence-electron chi connectivity index (χ2n) is 7.39. The number of nitrogens with one attached hydrogen (secondary N) is 3. The summed E-state index contributed by atoms with van der Waals surface area (Å²) in [6.07, 6.45) is 0. The molecule has 0 fully saturated rings. The van der Waals surface area contributed by atoms with E-state index in [0.717, 1.165) is 0 Å². The van der Waals surface area contributed by atoms with Gasteiger partial charge >= 0.3 is 0 Å². The molecule has 0 atom stereocenters. The van der Waals surface area contributed by atoms with Crippen LogP contribution >= 0.6 is 0 Å². The molecule has 0 bridgehead atoms. The molecule has 0 aliphatic rings. The van der Waals surface area contributed by atoms with E-state index in [2.05, 4.69) is 25.4 Å². The highest BCUT2D eigenvalue weighted by molar-refractivity contribution is 7.92. The monoisotopic (exact) mass is 482 g/mol. The number of hydrogen-bond donors (Lipinski definition) is 4. The van der Waals surface area contributed by atoms with Gasteiger partial charge in [0.2, 0.25) is 5.88 Å². The standard InChI is InChI=1S/C22H22N6O5S/c1-12-13(2)27-33-22(12)28-34(30,31)17-10-6-15(7-11-17)24-21(29)18-19(25-26-20(18)23)14-4-8-16(32-3)9-5-14/h4-11,28H,1-3H3,(H,24,29)(H3,23,25,26). The number of hydrogen-bond acceptors (Lipinski definition) is 8. The SMILES string of the molecule is COc1ccc(-c2[nH]nc(N)c2C(=O)Nc2ccc(S(=O)(=O)Nc3onc(C)c3C)cc2)cc1. The Morgan fingerprint density at radius 3 is 2.35 bits per heavy atom. The molecule has 4 rings (SSSR count). The Bertz CT molecular complexity index is 1440. The van der Waals surface area contributed by atoms with Crippen molar-refractivity contribution in [2.24, 2.45) is 0 Å². The Balaban J connectivity index is 1.52. The van der Waals surface area contributed by atoms with Gasteiger partial charge < -0.3 is 20.3 Å². The molecule has 0 spiro atoms. The number of amides is 1. The molecule has 12 heteroatoms. The number of aromatic amines is 1. The molecule has 0 radical (unpaired) electrons. The number of nitrogens with zero attached hydrogens (tertiary/aromatic N) is 2. The van der Waals surface area contributed by atoms with Crippen molar-refractivity contribution in [3.8, 4) is 17.0 Å². The number of sulfonamides is 1. The van der Waals surface area contributed by atoms with E-state index in [0.29, 0.717) is 34.0 Å². The predicted molar refractivity (Wildman–Crippen MR) is 126 cm³/mol. The third kappa shape index (κ3) is 4.43. The van der Waals surface area contributed by atoms with Gasteiger partial charge in [-0.15, -0.1) is 0 Å². The van der Waals surface area contributed by atoms with E-state index >= 15 is 0 Å². The summed E-state index contributed by atoms with van der Waals surface area (Å²) in [7, 11) is -2.35. The zero-order valence-corrected chi connectivity index (χ0v) is 19.4. The third-order valence-electron chi connectivity index (χ3n) is 5.21. The van der Waals surface area contributed by atoms with Crippen molar-refractivity contribution in [1.82, 2.24) is 15.4 Å². The summed E-state index contributed by atoms with van der Waals surface area (Å²) in [5.74, 6) is 0.250. The summed E-state index contributed by atoms with van der Waals surface area (Å²) in [6, 6.07) is 12.7. The van der Waals surface area contributed by atoms with Crippen LogP contribution in [0.5, 0.6) is 5.75 Å². The fourth-order valence-corrected chi connectivity index (χ4v) is 4.20. The van der Waals surface area contributed by atoms with Crippen LogP contribution in [0.1, 0.15) is 21.6 Å². The van der Waals surface area contributed by atoms with Crippen LogP contribution in [0.25, 0.3) is 11.3 Å². The molecular weight excluding hydrogens is 460 g/mol. The van der Waals surface area contributed by atoms with Gasteiger partial charge in [0, 0.05) is 16.8 Å². The first-order chi connectivity index (χ1) is 16.2. The lowest BCUT2D eigenvalue weighted by atomic mass is 10.1. The Morgan fingerprint density at radius 1 is 1.09 bits per heavy atom. The zero-order chi connectivity index (χ0) is 24.5. The van der Waals surface area contributed by atoms with Crippen LogP contribution in [0.4, 0.5) is 17.4 Å². The Kier molecular flexibility index (Phi) is 5.99. The zero-order valence-electron chi connectivity index (χ0n) is 18.5. The lowest BCUT2D eigenvalue weighted by molar-refractivity contribution is 0.102. The summed E-state index contributed by atoms with van der Waals surface area (Å²) in [4.78, 5) is 12.9. The van der Waals surface area contributed by atoms with Gasteiger partial charge in [-0.2, -0.15) is 5.10 Å². The molecule has 176 valence electrons. The molecule has 0 saturated carbocycles. The average molecular weight is 483 g/mol. The molecule has 2 heterocycles. The second kappa shape index (κ2) is 8.90. The molecule has 0 saturated heterocycles. The van der Waals surface area contributed by atoms with E-state index in [1.54, 1.807) is 45.2 Å². The number of methoxy groups -OCH3 is 1. The van der Waals surface area contributed by atoms with E-state index in [9.17, 15) is 13.2 Å². The maximum Gasteiger partial charge on any atom is 0.264 e. The van der Waals surface area contributed by atoms with Crippen molar-refractivity contribution < 1.29 is 22.5 Å². The van der Waals surface area contributed by atoms with Crippen LogP contribution in [0.3, 0.4) is 0 Å². The maximum atomic E-state index is 13.0. The minimum Gasteiger partial charge on any atom is -0.497 e. The average Bonchev–Trinajstić information content (AvgIpc) is 3.36. The number of anilines is 3. The molecule has 34 heavy (non-hydrogen) atoms. The quantitative estimate of drug-likeness (QED) is 0.311. The molecule has 0 unspecified atom stereocenters. The van der Waals surface area contributed by atoms with Crippen LogP contribution < -0.4 is 20.5 Å². The van der Waals surface area contributed by atoms with E-state index in [-0.39, 0.29) is 22.2 Å². The number of benzene rings is 2. The number of rotatable bonds is 7. The van der Waals surface area contributed by atoms with Crippen molar-refractivity contribution in [3.63, 3.8) is 0 Å². The third-order valence-corrected chi connectivity index (χ3v) is 6.55. The van der Waals surface area contributed by atoms with E-state index in [1.165, 1.54) is 24.3 Å². The number of aryl methyl sites for hydroxylation is 1. The van der Waals surface area contributed by atoms with Crippen molar-refractivity contribution in [2.45, 2.75) is 18.7 Å². The number of aromatic nitrogens is 3. The minimum absolute atomic E-state index is 0.0132. The highest BCUT2D eigenvalue weighted by Crippen LogP contribution is 2.28. The number of carbonyl (C=O) groups excluding carboxylic acids is 1. The first kappa shape index (κ1) is 22.9. The van der Waals surface area contributed by atoms with Crippen molar-refractivity contribution in [2.75, 3.05) is 22.9 Å². The van der Waals surface area contributed by atoms with Gasteiger partial charge in [0.15, 0.2) is 5.82 Å². The number of ether oxygens (including phenoxy) is 1. The minimum atomic E-state index is -3.91. The molecule has 4 aromatic rings. The van der Waals surface area contributed by atoms with E-state index in [4.69, 9.17) is 15.0 Å². The van der Waals surface area contributed by atoms with Crippen LogP contribution in [0.2, 0.25) is 0 Å². The number of carbonyl (C=O) groups is 1. The number of nitrogens with two attached hydrogens (primary N) is 1. The highest BCUT2D eigenvalue weighted by atomic mass is 32.2. The Morgan fingerprint density at radius 2 is 1.76 bits per heavy atom. The maximum absolute atomic E-state index is 13.0. The topological polar surface area (TPSA) is 165 Å². The molecule has 2 aromatic carbocycles. The molecule has 5 N–H and O–H groups in total. The predicted octanol–water partition coefficient (Wildman–Crippen LogP) is 3.33. The normalized spacial score (nSPS) is 11.3. The summed E-state index contributed by atoms with van der Waals surface area (Å²) in [6.45, 7) is 3.41. The Hall–Kier alpha value is -4.32. The van der Waals surface area contributed by atoms with Gasteiger partial charge in [-0.3, -0.25) is 9.89 Å². The van der Waals surface area contributed by atoms with Gasteiger partial charge in [0.25, 0.3) is 15.9 Å². The van der Waals surface area contributed by atoms with Crippen LogP contribution in [-0.4, -0.2) is 36.8 Å². The first-order valence-electron chi connectivity index (χ1n) is 10.0. The highest BCUT2D eigenvalue weighted by Gasteiger charge is 2.22. The summed E-state index contributed by atoms with van der Waals surface area (Å²) < 4.78 is 37.8. The summed E-state index contributed by atoms with van der Waals surface area (Å²) in [5.41, 5.74) is 8.79. The van der Waals surface area contributed by atoms with Crippen LogP contribution in [-0.2, 0) is 10.0 Å². The van der Waals surface area contributed by atoms with Crippen molar-refractivity contribution >= 4 is 33.3 Å². The molecule has 0 aliphatic heterocycles. The number of nitrogen functional groups attached to an aromatic ring is 1. The van der Waals surface area contributed by atoms with Crippen LogP contribution in [0.15, 0.2) is 57.9 Å². The summed E-state index contributed by atoms with van der Waals surface area (Å²) in [5, 5.41) is 13.2. The van der Waals surface area contributed by atoms with E-state index in [1.807, 2.05) is 0 Å². The molecule has 0 aliphatic carbocycles. The fraction of sp³-hybridized carbons (Fsp3) is 0.136. The van der Waals surface area contributed by atoms with Gasteiger partial charge in [-0.1, -0.05) is 5.16 Å². The molecule has 2 aromatic heterocycles. The Labute approximate surface area is 195 Å². The largest absolute Gasteiger partial charge is 0.497 e. The van der Waals surface area contributed by atoms with Gasteiger partial charge in [0.1, 0.15) is 11.3 Å². The van der Waals surface area contributed by atoms with Crippen molar-refractivity contribution in [1.29, 1.82) is 0 Å². The second-order valence-corrected chi connectivity index (χ2v) is 9.08.